The molecule has 0 unspecified atom stereocenters. The average Bonchev–Trinajstić information content (AvgIpc) is 2.31. The molecule has 0 heteroatoms. The first-order chi connectivity index (χ1) is 8.15. The fraction of sp³-hybridized carbons (Fsp3) is 0.222. The van der Waals surface area contributed by atoms with Crippen LogP contribution in [0.2, 0.25) is 0 Å². The zero-order chi connectivity index (χ0) is 12.4. The van der Waals surface area contributed by atoms with E-state index in [1.54, 1.807) is 0 Å². The largest absolute Gasteiger partial charge is 0.120 e. The van der Waals surface area contributed by atoms with Gasteiger partial charge in [0.1, 0.15) is 0 Å². The van der Waals surface area contributed by atoms with E-state index in [0.29, 0.717) is 6.42 Å². The number of rotatable bonds is 2. The maximum absolute atomic E-state index is 5.39. The monoisotopic (exact) mass is 236 g/mol. The van der Waals surface area contributed by atoms with Crippen molar-refractivity contribution in [2.45, 2.75) is 27.7 Å². The van der Waals surface area contributed by atoms with Gasteiger partial charge in [0.2, 0.25) is 0 Å². The maximum atomic E-state index is 5.39. The molecule has 0 spiro atoms. The van der Waals surface area contributed by atoms with Crippen LogP contribution in [0.5, 0.6) is 0 Å². The van der Waals surface area contributed by atoms with Crippen molar-refractivity contribution in [3.05, 3.63) is 53.6 Å². The summed E-state index contributed by atoms with van der Waals surface area (Å²) in [7, 11) is 0. The van der Waals surface area contributed by atoms with Crippen molar-refractivity contribution in [1.29, 1.82) is 0 Å². The summed E-state index contributed by atoms with van der Waals surface area (Å²) in [6, 6.07) is 10.6. The van der Waals surface area contributed by atoms with Gasteiger partial charge in [-0.05, 0) is 46.9 Å². The molecule has 0 fully saturated rings. The van der Waals surface area contributed by atoms with Gasteiger partial charge >= 0.3 is 0 Å². The topological polar surface area (TPSA) is 0 Å². The van der Waals surface area contributed by atoms with Gasteiger partial charge in [-0.1, -0.05) is 44.3 Å². The molecule has 2 aromatic rings. The molecule has 2 rings (SSSR count). The van der Waals surface area contributed by atoms with E-state index < -0.39 is 0 Å². The molecule has 0 aliphatic heterocycles. The van der Waals surface area contributed by atoms with Gasteiger partial charge < -0.3 is 0 Å². The first-order valence-electron chi connectivity index (χ1n) is 5.75. The van der Waals surface area contributed by atoms with E-state index in [2.05, 4.69) is 56.7 Å². The Balaban J connectivity index is 0.00000162. The van der Waals surface area contributed by atoms with Crippen LogP contribution in [0.15, 0.2) is 36.9 Å². The van der Waals surface area contributed by atoms with Crippen LogP contribution >= 0.6 is 0 Å². The van der Waals surface area contributed by atoms with Gasteiger partial charge in [0, 0.05) is 6.42 Å². The Morgan fingerprint density at radius 3 is 2.61 bits per heavy atom. The van der Waals surface area contributed by atoms with Crippen LogP contribution in [0.4, 0.5) is 0 Å². The Hall–Kier alpha value is -2.00. The summed E-state index contributed by atoms with van der Waals surface area (Å²) in [5.41, 5.74) is 4.82. The number of hydrogen-bond donors (Lipinski definition) is 0. The lowest BCUT2D eigenvalue weighted by Crippen LogP contribution is -1.93. The second-order valence-electron chi connectivity index (χ2n) is 4.40. The first kappa shape index (κ1) is 14.1. The maximum Gasteiger partial charge on any atom is 0.0338 e. The van der Waals surface area contributed by atoms with E-state index in [1.165, 1.54) is 27.5 Å². The van der Waals surface area contributed by atoms with Gasteiger partial charge in [-0.2, -0.15) is 0 Å². The second kappa shape index (κ2) is 5.56. The number of hydrogen-bond acceptors (Lipinski definition) is 0. The second-order valence-corrected chi connectivity index (χ2v) is 4.40. The Morgan fingerprint density at radius 2 is 1.94 bits per heavy atom. The van der Waals surface area contributed by atoms with Crippen LogP contribution in [-0.2, 0) is 0 Å². The first-order valence-corrected chi connectivity index (χ1v) is 5.75. The third-order valence-electron chi connectivity index (χ3n) is 3.24. The van der Waals surface area contributed by atoms with Crippen LogP contribution in [0.3, 0.4) is 0 Å². The molecule has 0 heterocycles. The minimum atomic E-state index is 0. The van der Waals surface area contributed by atoms with Gasteiger partial charge in [-0.25, -0.2) is 0 Å². The van der Waals surface area contributed by atoms with Crippen molar-refractivity contribution in [2.24, 2.45) is 0 Å². The molecule has 0 nitrogen and oxygen atoms in total. The van der Waals surface area contributed by atoms with E-state index >= 15 is 0 Å². The molecule has 0 aromatic heterocycles. The zero-order valence-corrected chi connectivity index (χ0v) is 10.4. The van der Waals surface area contributed by atoms with Crippen LogP contribution in [0.25, 0.3) is 16.3 Å². The minimum Gasteiger partial charge on any atom is -0.120 e. The van der Waals surface area contributed by atoms with Crippen molar-refractivity contribution in [3.63, 3.8) is 0 Å². The van der Waals surface area contributed by atoms with Crippen LogP contribution in [-0.4, -0.2) is 0 Å². The molecule has 18 heavy (non-hydrogen) atoms. The molecule has 0 saturated heterocycles. The SMILES string of the molecule is C.C#CCC(=C)c1c(C)c(C)cc2ccccc12. The van der Waals surface area contributed by atoms with E-state index in [0.717, 1.165) is 5.57 Å². The van der Waals surface area contributed by atoms with Crippen molar-refractivity contribution in [1.82, 2.24) is 0 Å². The highest BCUT2D eigenvalue weighted by Crippen LogP contribution is 2.31. The van der Waals surface area contributed by atoms with Gasteiger partial charge in [-0.3, -0.25) is 0 Å². The minimum absolute atomic E-state index is 0. The van der Waals surface area contributed by atoms with E-state index in [4.69, 9.17) is 6.42 Å². The van der Waals surface area contributed by atoms with E-state index in [-0.39, 0.29) is 7.43 Å². The summed E-state index contributed by atoms with van der Waals surface area (Å²) < 4.78 is 0. The average molecular weight is 236 g/mol. The van der Waals surface area contributed by atoms with Gasteiger partial charge in [0.25, 0.3) is 0 Å². The normalized spacial score (nSPS) is 9.61. The van der Waals surface area contributed by atoms with Crippen molar-refractivity contribution in [3.8, 4) is 12.3 Å². The Morgan fingerprint density at radius 1 is 1.28 bits per heavy atom. The lowest BCUT2D eigenvalue weighted by molar-refractivity contribution is 1.32. The van der Waals surface area contributed by atoms with Gasteiger partial charge in [0.05, 0.1) is 0 Å². The predicted octanol–water partition coefficient (Wildman–Crippen LogP) is 5.13. The molecule has 92 valence electrons. The van der Waals surface area contributed by atoms with Crippen molar-refractivity contribution < 1.29 is 0 Å². The van der Waals surface area contributed by atoms with Crippen LogP contribution in [0, 0.1) is 26.2 Å². The molecule has 0 N–H and O–H groups in total. The van der Waals surface area contributed by atoms with Crippen LogP contribution in [0.1, 0.15) is 30.5 Å². The molecule has 0 radical (unpaired) electrons. The Labute approximate surface area is 110 Å². The lowest BCUT2D eigenvalue weighted by atomic mass is 9.90. The summed E-state index contributed by atoms with van der Waals surface area (Å²) in [5.74, 6) is 2.68. The molecule has 0 bridgehead atoms. The third kappa shape index (κ3) is 2.31. The van der Waals surface area contributed by atoms with Gasteiger partial charge in [-0.15, -0.1) is 12.3 Å². The predicted molar refractivity (Wildman–Crippen MR) is 82.6 cm³/mol. The fourth-order valence-electron chi connectivity index (χ4n) is 2.26. The molecule has 0 amide bonds. The van der Waals surface area contributed by atoms with Crippen LogP contribution < -0.4 is 0 Å². The molecular weight excluding hydrogens is 216 g/mol. The van der Waals surface area contributed by atoms with E-state index in [9.17, 15) is 0 Å². The number of aryl methyl sites for hydroxylation is 1. The molecule has 0 saturated carbocycles. The zero-order valence-electron chi connectivity index (χ0n) is 10.4. The van der Waals surface area contributed by atoms with Crippen molar-refractivity contribution in [2.75, 3.05) is 0 Å². The third-order valence-corrected chi connectivity index (χ3v) is 3.24. The molecule has 2 aromatic carbocycles. The smallest absolute Gasteiger partial charge is 0.0338 e. The quantitative estimate of drug-likeness (QED) is 0.634. The number of allylic oxidation sites excluding steroid dienone is 1. The summed E-state index contributed by atoms with van der Waals surface area (Å²) in [4.78, 5) is 0. The standard InChI is InChI=1S/C17H16.CH4/c1-5-8-12(2)17-14(4)13(3)11-15-9-6-7-10-16(15)17;/h1,6-7,9-11H,2,8H2,3-4H3;1H4. The number of benzene rings is 2. The fourth-order valence-corrected chi connectivity index (χ4v) is 2.26. The number of fused-ring (bicyclic) bond motifs is 1. The highest BCUT2D eigenvalue weighted by Gasteiger charge is 2.09. The molecular formula is C18H20. The Bertz CT molecular complexity index is 624. The summed E-state index contributed by atoms with van der Waals surface area (Å²) in [5, 5.41) is 2.50. The van der Waals surface area contributed by atoms with Crippen molar-refractivity contribution >= 4 is 16.3 Å². The van der Waals surface area contributed by atoms with Gasteiger partial charge in [0.15, 0.2) is 0 Å². The lowest BCUT2D eigenvalue weighted by Gasteiger charge is -2.14. The Kier molecular flexibility index (Phi) is 4.34. The molecule has 0 atom stereocenters. The highest BCUT2D eigenvalue weighted by atomic mass is 14.1. The summed E-state index contributed by atoms with van der Waals surface area (Å²) in [6.45, 7) is 8.40. The number of terminal acetylenes is 1. The highest BCUT2D eigenvalue weighted by molar-refractivity contribution is 5.95. The molecule has 0 aliphatic rings. The summed E-state index contributed by atoms with van der Waals surface area (Å²) in [6.07, 6.45) is 5.99. The van der Waals surface area contributed by atoms with E-state index in [1.807, 2.05) is 0 Å². The molecule has 0 aliphatic carbocycles. The summed E-state index contributed by atoms with van der Waals surface area (Å²) >= 11 is 0.